The van der Waals surface area contributed by atoms with E-state index in [2.05, 4.69) is 10.0 Å². The zero-order chi connectivity index (χ0) is 21.4. The van der Waals surface area contributed by atoms with Crippen molar-refractivity contribution in [3.05, 3.63) is 59.9 Å². The second kappa shape index (κ2) is 10.1. The number of halogens is 1. The fraction of sp³-hybridized carbons (Fsp3) is 0.300. The third kappa shape index (κ3) is 6.95. The van der Waals surface area contributed by atoms with E-state index in [1.54, 1.807) is 23.1 Å². The summed E-state index contributed by atoms with van der Waals surface area (Å²) in [6.45, 7) is 4.31. The van der Waals surface area contributed by atoms with Crippen LogP contribution in [-0.2, 0) is 26.2 Å². The Balaban J connectivity index is 1.88. The van der Waals surface area contributed by atoms with Gasteiger partial charge in [0.25, 0.3) is 0 Å². The van der Waals surface area contributed by atoms with Gasteiger partial charge in [-0.2, -0.15) is 0 Å². The number of amides is 2. The molecule has 2 aromatic carbocycles. The topological polar surface area (TPSA) is 95.6 Å². The summed E-state index contributed by atoms with van der Waals surface area (Å²) in [5.41, 5.74) is 1.44. The first kappa shape index (κ1) is 22.5. The Morgan fingerprint density at radius 3 is 2.41 bits per heavy atom. The lowest BCUT2D eigenvalue weighted by Gasteiger charge is -2.19. The third-order valence-electron chi connectivity index (χ3n) is 4.18. The van der Waals surface area contributed by atoms with Crippen LogP contribution in [0.15, 0.2) is 53.4 Å². The lowest BCUT2D eigenvalue weighted by atomic mass is 10.2. The molecule has 2 rings (SSSR count). The average Bonchev–Trinajstić information content (AvgIpc) is 2.66. The van der Waals surface area contributed by atoms with Crippen molar-refractivity contribution in [2.24, 2.45) is 0 Å². The molecule has 0 saturated heterocycles. The molecular weight excluding hydrogens is 397 g/mol. The molecular formula is C20H24FN3O4S. The number of benzene rings is 2. The molecule has 0 spiro atoms. The van der Waals surface area contributed by atoms with Crippen LogP contribution in [-0.4, -0.2) is 38.2 Å². The molecule has 7 nitrogen and oxygen atoms in total. The van der Waals surface area contributed by atoms with Crippen molar-refractivity contribution in [1.29, 1.82) is 0 Å². The van der Waals surface area contributed by atoms with Crippen LogP contribution in [0.4, 0.5) is 10.1 Å². The first-order chi connectivity index (χ1) is 13.7. The Labute approximate surface area is 170 Å². The SMILES string of the molecule is CCN(Cc1cccc(NC(=O)CCNS(=O)(=O)c2ccc(F)cc2)c1)C(C)=O. The molecule has 2 amide bonds. The summed E-state index contributed by atoms with van der Waals surface area (Å²) in [5.74, 6) is -0.922. The first-order valence-electron chi connectivity index (χ1n) is 9.11. The molecule has 9 heteroatoms. The van der Waals surface area contributed by atoms with Crippen LogP contribution in [0, 0.1) is 5.82 Å². The van der Waals surface area contributed by atoms with Crippen molar-refractivity contribution in [2.75, 3.05) is 18.4 Å². The molecule has 0 aliphatic heterocycles. The Morgan fingerprint density at radius 1 is 1.10 bits per heavy atom. The Bertz CT molecular complexity index is 962. The largest absolute Gasteiger partial charge is 0.339 e. The molecule has 0 radical (unpaired) electrons. The maximum atomic E-state index is 12.9. The van der Waals surface area contributed by atoms with Crippen LogP contribution >= 0.6 is 0 Å². The van der Waals surface area contributed by atoms with Crippen LogP contribution < -0.4 is 10.0 Å². The van der Waals surface area contributed by atoms with E-state index in [4.69, 9.17) is 0 Å². The molecule has 0 bridgehead atoms. The number of nitrogens with one attached hydrogen (secondary N) is 2. The van der Waals surface area contributed by atoms with Gasteiger partial charge < -0.3 is 10.2 Å². The highest BCUT2D eigenvalue weighted by Crippen LogP contribution is 2.14. The standard InChI is InChI=1S/C20H24FN3O4S/c1-3-24(15(2)25)14-16-5-4-6-18(13-16)23-20(26)11-12-22-29(27,28)19-9-7-17(21)8-10-19/h4-10,13,22H,3,11-12,14H2,1-2H3,(H,23,26). The van der Waals surface area contributed by atoms with E-state index < -0.39 is 15.8 Å². The van der Waals surface area contributed by atoms with Gasteiger partial charge in [-0.15, -0.1) is 0 Å². The van der Waals surface area contributed by atoms with E-state index in [0.29, 0.717) is 18.8 Å². The van der Waals surface area contributed by atoms with Gasteiger partial charge in [0.15, 0.2) is 0 Å². The highest BCUT2D eigenvalue weighted by atomic mass is 32.2. The smallest absolute Gasteiger partial charge is 0.240 e. The second-order valence-corrected chi connectivity index (χ2v) is 8.15. The second-order valence-electron chi connectivity index (χ2n) is 6.38. The molecule has 0 unspecified atom stereocenters. The highest BCUT2D eigenvalue weighted by molar-refractivity contribution is 7.89. The van der Waals surface area contributed by atoms with Crippen molar-refractivity contribution >= 4 is 27.5 Å². The molecule has 0 aromatic heterocycles. The zero-order valence-corrected chi connectivity index (χ0v) is 17.1. The van der Waals surface area contributed by atoms with Crippen LogP contribution in [0.5, 0.6) is 0 Å². The molecule has 2 N–H and O–H groups in total. The molecule has 0 atom stereocenters. The van der Waals surface area contributed by atoms with E-state index in [9.17, 15) is 22.4 Å². The van der Waals surface area contributed by atoms with Gasteiger partial charge >= 0.3 is 0 Å². The molecule has 0 heterocycles. The van der Waals surface area contributed by atoms with Crippen molar-refractivity contribution in [1.82, 2.24) is 9.62 Å². The van der Waals surface area contributed by atoms with Crippen molar-refractivity contribution in [3.8, 4) is 0 Å². The summed E-state index contributed by atoms with van der Waals surface area (Å²) in [6, 6.07) is 11.5. The normalized spacial score (nSPS) is 11.1. The quantitative estimate of drug-likeness (QED) is 0.650. The van der Waals surface area contributed by atoms with E-state index >= 15 is 0 Å². The zero-order valence-electron chi connectivity index (χ0n) is 16.3. The van der Waals surface area contributed by atoms with Gasteiger partial charge in [0.05, 0.1) is 4.90 Å². The van der Waals surface area contributed by atoms with Crippen molar-refractivity contribution < 1.29 is 22.4 Å². The average molecular weight is 421 g/mol. The van der Waals surface area contributed by atoms with Crippen molar-refractivity contribution in [2.45, 2.75) is 31.7 Å². The molecule has 29 heavy (non-hydrogen) atoms. The summed E-state index contributed by atoms with van der Waals surface area (Å²) < 4.78 is 39.5. The van der Waals surface area contributed by atoms with Gasteiger partial charge in [-0.25, -0.2) is 17.5 Å². The number of carbonyl (C=O) groups excluding carboxylic acids is 2. The lowest BCUT2D eigenvalue weighted by Crippen LogP contribution is -2.28. The van der Waals surface area contributed by atoms with Gasteiger partial charge in [0.1, 0.15) is 5.82 Å². The Hall–Kier alpha value is -2.78. The number of rotatable bonds is 9. The maximum absolute atomic E-state index is 12.9. The van der Waals surface area contributed by atoms with Gasteiger partial charge in [0, 0.05) is 38.7 Å². The molecule has 0 aliphatic rings. The van der Waals surface area contributed by atoms with E-state index in [1.807, 2.05) is 13.0 Å². The van der Waals surface area contributed by atoms with Crippen molar-refractivity contribution in [3.63, 3.8) is 0 Å². The number of hydrogen-bond acceptors (Lipinski definition) is 4. The number of carbonyl (C=O) groups is 2. The summed E-state index contributed by atoms with van der Waals surface area (Å²) in [5, 5.41) is 2.71. The lowest BCUT2D eigenvalue weighted by molar-refractivity contribution is -0.129. The first-order valence-corrected chi connectivity index (χ1v) is 10.6. The predicted molar refractivity (Wildman–Crippen MR) is 108 cm³/mol. The number of anilines is 1. The molecule has 2 aromatic rings. The van der Waals surface area contributed by atoms with Crippen LogP contribution in [0.3, 0.4) is 0 Å². The minimum Gasteiger partial charge on any atom is -0.339 e. The highest BCUT2D eigenvalue weighted by Gasteiger charge is 2.14. The summed E-state index contributed by atoms with van der Waals surface area (Å²) in [6.07, 6.45) is -0.0703. The number of hydrogen-bond donors (Lipinski definition) is 2. The molecule has 156 valence electrons. The number of nitrogens with zero attached hydrogens (tertiary/aromatic N) is 1. The fourth-order valence-corrected chi connectivity index (χ4v) is 3.66. The predicted octanol–water partition coefficient (Wildman–Crippen LogP) is 2.50. The van der Waals surface area contributed by atoms with E-state index in [0.717, 1.165) is 29.8 Å². The summed E-state index contributed by atoms with van der Waals surface area (Å²) in [7, 11) is -3.81. The Morgan fingerprint density at radius 2 is 1.79 bits per heavy atom. The maximum Gasteiger partial charge on any atom is 0.240 e. The molecule has 0 fully saturated rings. The van der Waals surface area contributed by atoms with Crippen LogP contribution in [0.25, 0.3) is 0 Å². The van der Waals surface area contributed by atoms with Crippen LogP contribution in [0.1, 0.15) is 25.8 Å². The Kier molecular flexibility index (Phi) is 7.86. The minimum absolute atomic E-state index is 0.0321. The van der Waals surface area contributed by atoms with Gasteiger partial charge in [-0.05, 0) is 48.9 Å². The van der Waals surface area contributed by atoms with Gasteiger partial charge in [-0.3, -0.25) is 9.59 Å². The molecule has 0 saturated carbocycles. The summed E-state index contributed by atoms with van der Waals surface area (Å²) >= 11 is 0. The third-order valence-corrected chi connectivity index (χ3v) is 5.66. The van der Waals surface area contributed by atoms with Crippen LogP contribution in [0.2, 0.25) is 0 Å². The molecule has 0 aliphatic carbocycles. The minimum atomic E-state index is -3.81. The van der Waals surface area contributed by atoms with Gasteiger partial charge in [-0.1, -0.05) is 12.1 Å². The van der Waals surface area contributed by atoms with Gasteiger partial charge in [0.2, 0.25) is 21.8 Å². The fourth-order valence-electron chi connectivity index (χ4n) is 2.63. The van der Waals surface area contributed by atoms with E-state index in [-0.39, 0.29) is 29.7 Å². The summed E-state index contributed by atoms with van der Waals surface area (Å²) in [4.78, 5) is 25.3. The van der Waals surface area contributed by atoms with E-state index in [1.165, 1.54) is 6.92 Å². The number of sulfonamides is 1. The monoisotopic (exact) mass is 421 g/mol.